The molecule has 152 valence electrons. The van der Waals surface area contributed by atoms with Crippen molar-refractivity contribution in [2.45, 2.75) is 26.8 Å². The number of aromatic nitrogens is 1. The lowest BCUT2D eigenvalue weighted by Crippen LogP contribution is -2.42. The number of H-pyrrole nitrogens is 1. The lowest BCUT2D eigenvalue weighted by atomic mass is 10.1. The van der Waals surface area contributed by atoms with E-state index in [-0.39, 0.29) is 5.56 Å². The van der Waals surface area contributed by atoms with Crippen molar-refractivity contribution in [3.05, 3.63) is 45.7 Å². The molecule has 2 heterocycles. The highest BCUT2D eigenvalue weighted by Gasteiger charge is 2.15. The summed E-state index contributed by atoms with van der Waals surface area (Å²) in [5.74, 6) is 0. The molecule has 1 aliphatic heterocycles. The van der Waals surface area contributed by atoms with Crippen LogP contribution in [0.15, 0.2) is 29.1 Å². The summed E-state index contributed by atoms with van der Waals surface area (Å²) in [6.07, 6.45) is 0.996. The van der Waals surface area contributed by atoms with Gasteiger partial charge in [0.2, 0.25) is 0 Å². The topological polar surface area (TPSA) is 60.6 Å². The number of nitrogens with one attached hydrogen (secondary N) is 2. The first kappa shape index (κ1) is 20.8. The van der Waals surface area contributed by atoms with Crippen molar-refractivity contribution < 1.29 is 4.74 Å². The summed E-state index contributed by atoms with van der Waals surface area (Å²) in [6, 6.07) is 8.06. The summed E-state index contributed by atoms with van der Waals surface area (Å²) >= 11 is 5.57. The van der Waals surface area contributed by atoms with Crippen molar-refractivity contribution in [3.8, 4) is 0 Å². The summed E-state index contributed by atoms with van der Waals surface area (Å²) in [5.41, 5.74) is 2.74. The predicted molar refractivity (Wildman–Crippen MR) is 118 cm³/mol. The third kappa shape index (κ3) is 5.53. The maximum atomic E-state index is 12.6. The van der Waals surface area contributed by atoms with E-state index in [4.69, 9.17) is 17.0 Å². The van der Waals surface area contributed by atoms with E-state index in [1.807, 2.05) is 25.1 Å². The van der Waals surface area contributed by atoms with Crippen LogP contribution in [0.1, 0.15) is 24.5 Å². The molecule has 0 unspecified atom stereocenters. The smallest absolute Gasteiger partial charge is 0.253 e. The maximum absolute atomic E-state index is 12.6. The van der Waals surface area contributed by atoms with Crippen LogP contribution in [0.4, 0.5) is 0 Å². The average molecular weight is 403 g/mol. The van der Waals surface area contributed by atoms with Gasteiger partial charge in [-0.3, -0.25) is 9.69 Å². The highest BCUT2D eigenvalue weighted by Crippen LogP contribution is 2.14. The third-order valence-electron chi connectivity index (χ3n) is 5.06. The molecule has 0 aliphatic carbocycles. The second-order valence-corrected chi connectivity index (χ2v) is 7.67. The van der Waals surface area contributed by atoms with E-state index in [2.05, 4.69) is 33.1 Å². The van der Waals surface area contributed by atoms with Crippen LogP contribution >= 0.6 is 12.2 Å². The lowest BCUT2D eigenvalue weighted by molar-refractivity contribution is 0.0367. The molecular weight excluding hydrogens is 372 g/mol. The minimum atomic E-state index is -0.0474. The van der Waals surface area contributed by atoms with Crippen LogP contribution in [0.25, 0.3) is 10.9 Å². The van der Waals surface area contributed by atoms with Gasteiger partial charge in [0, 0.05) is 43.8 Å². The normalized spacial score (nSPS) is 14.9. The molecule has 1 saturated heterocycles. The molecule has 0 atom stereocenters. The Labute approximate surface area is 171 Å². The number of rotatable bonds is 7. The van der Waals surface area contributed by atoms with Gasteiger partial charge < -0.3 is 19.9 Å². The summed E-state index contributed by atoms with van der Waals surface area (Å²) in [6.45, 7) is 10.8. The molecule has 0 radical (unpaired) electrons. The third-order valence-corrected chi connectivity index (χ3v) is 5.46. The molecule has 28 heavy (non-hydrogen) atoms. The number of hydrogen-bond acceptors (Lipinski definition) is 4. The van der Waals surface area contributed by atoms with Crippen LogP contribution in [0.5, 0.6) is 0 Å². The first-order valence-corrected chi connectivity index (χ1v) is 10.4. The van der Waals surface area contributed by atoms with Crippen LogP contribution in [0.2, 0.25) is 0 Å². The predicted octanol–water partition coefficient (Wildman–Crippen LogP) is 2.26. The van der Waals surface area contributed by atoms with Gasteiger partial charge in [-0.25, -0.2) is 0 Å². The number of fused-ring (bicyclic) bond motifs is 1. The van der Waals surface area contributed by atoms with Gasteiger partial charge in [0.15, 0.2) is 5.11 Å². The number of hydrogen-bond donors (Lipinski definition) is 2. The largest absolute Gasteiger partial charge is 0.379 e. The zero-order chi connectivity index (χ0) is 19.9. The molecule has 6 nitrogen and oxygen atoms in total. The van der Waals surface area contributed by atoms with Crippen LogP contribution in [-0.4, -0.2) is 65.8 Å². The van der Waals surface area contributed by atoms with E-state index in [0.29, 0.717) is 11.7 Å². The van der Waals surface area contributed by atoms with Gasteiger partial charge in [-0.1, -0.05) is 11.6 Å². The highest BCUT2D eigenvalue weighted by molar-refractivity contribution is 7.80. The molecule has 0 spiro atoms. The van der Waals surface area contributed by atoms with Crippen LogP contribution in [0.3, 0.4) is 0 Å². The SMILES string of the molecule is CCNC(=S)N(CCCN1CCOCC1)Cc1cc2cc(C)ccc2[nH]c1=O. The van der Waals surface area contributed by atoms with Crippen molar-refractivity contribution >= 4 is 28.2 Å². The fourth-order valence-electron chi connectivity index (χ4n) is 3.52. The first-order valence-electron chi connectivity index (χ1n) is 10.0. The fourth-order valence-corrected chi connectivity index (χ4v) is 3.82. The van der Waals surface area contributed by atoms with Gasteiger partial charge in [-0.15, -0.1) is 0 Å². The molecule has 2 N–H and O–H groups in total. The number of aryl methyl sites for hydroxylation is 1. The number of morpholine rings is 1. The molecule has 7 heteroatoms. The number of aromatic amines is 1. The Hall–Kier alpha value is -1.96. The summed E-state index contributed by atoms with van der Waals surface area (Å²) in [5, 5.41) is 4.99. The number of ether oxygens (including phenoxy) is 1. The molecule has 3 rings (SSSR count). The minimum Gasteiger partial charge on any atom is -0.379 e. The average Bonchev–Trinajstić information content (AvgIpc) is 2.69. The Morgan fingerprint density at radius 3 is 2.86 bits per heavy atom. The lowest BCUT2D eigenvalue weighted by Gasteiger charge is -2.29. The molecule has 2 aromatic rings. The van der Waals surface area contributed by atoms with Crippen LogP contribution in [0, 0.1) is 6.92 Å². The van der Waals surface area contributed by atoms with E-state index < -0.39 is 0 Å². The van der Waals surface area contributed by atoms with Gasteiger partial charge in [-0.2, -0.15) is 0 Å². The second-order valence-electron chi connectivity index (χ2n) is 7.28. The summed E-state index contributed by atoms with van der Waals surface area (Å²) in [7, 11) is 0. The Morgan fingerprint density at radius 2 is 2.11 bits per heavy atom. The Morgan fingerprint density at radius 1 is 1.32 bits per heavy atom. The highest BCUT2D eigenvalue weighted by atomic mass is 32.1. The fraction of sp³-hybridized carbons (Fsp3) is 0.524. The van der Waals surface area contributed by atoms with Crippen molar-refractivity contribution in [2.75, 3.05) is 45.9 Å². The molecule has 1 aromatic heterocycles. The standard InChI is InChI=1S/C21H30N4O2S/c1-3-22-21(28)25(8-4-7-24-9-11-27-12-10-24)15-18-14-17-13-16(2)5-6-19(17)23-20(18)26/h5-6,13-14H,3-4,7-12,15H2,1-2H3,(H,22,28)(H,23,26). The molecule has 1 aromatic carbocycles. The number of thiocarbonyl (C=S) groups is 1. The van der Waals surface area contributed by atoms with E-state index in [0.717, 1.165) is 68.8 Å². The van der Waals surface area contributed by atoms with Gasteiger partial charge in [0.1, 0.15) is 0 Å². The zero-order valence-electron chi connectivity index (χ0n) is 16.8. The van der Waals surface area contributed by atoms with Gasteiger partial charge in [0.05, 0.1) is 19.8 Å². The van der Waals surface area contributed by atoms with Crippen molar-refractivity contribution in [1.82, 2.24) is 20.1 Å². The zero-order valence-corrected chi connectivity index (χ0v) is 17.6. The Balaban J connectivity index is 1.71. The van der Waals surface area contributed by atoms with Crippen molar-refractivity contribution in [3.63, 3.8) is 0 Å². The van der Waals surface area contributed by atoms with Crippen LogP contribution in [-0.2, 0) is 11.3 Å². The molecule has 0 bridgehead atoms. The number of pyridine rings is 1. The minimum absolute atomic E-state index is 0.0474. The Bertz CT molecular complexity index is 861. The van der Waals surface area contributed by atoms with Gasteiger partial charge in [0.25, 0.3) is 5.56 Å². The van der Waals surface area contributed by atoms with Crippen molar-refractivity contribution in [2.24, 2.45) is 0 Å². The van der Waals surface area contributed by atoms with Crippen LogP contribution < -0.4 is 10.9 Å². The van der Waals surface area contributed by atoms with E-state index >= 15 is 0 Å². The van der Waals surface area contributed by atoms with E-state index in [9.17, 15) is 4.79 Å². The number of nitrogens with zero attached hydrogens (tertiary/aromatic N) is 2. The maximum Gasteiger partial charge on any atom is 0.253 e. The van der Waals surface area contributed by atoms with E-state index in [1.54, 1.807) is 0 Å². The monoisotopic (exact) mass is 402 g/mol. The summed E-state index contributed by atoms with van der Waals surface area (Å²) < 4.78 is 5.41. The quantitative estimate of drug-likeness (QED) is 0.693. The Kier molecular flexibility index (Phi) is 7.42. The van der Waals surface area contributed by atoms with E-state index in [1.165, 1.54) is 5.56 Å². The summed E-state index contributed by atoms with van der Waals surface area (Å²) in [4.78, 5) is 20.1. The molecular formula is C21H30N4O2S. The molecule has 1 fully saturated rings. The molecule has 1 aliphatic rings. The van der Waals surface area contributed by atoms with Gasteiger partial charge in [-0.05, 0) is 56.1 Å². The number of benzene rings is 1. The first-order chi connectivity index (χ1) is 13.6. The van der Waals surface area contributed by atoms with Gasteiger partial charge >= 0.3 is 0 Å². The second kappa shape index (κ2) is 10.0. The molecule has 0 saturated carbocycles. The molecule has 0 amide bonds. The van der Waals surface area contributed by atoms with Crippen molar-refractivity contribution in [1.29, 1.82) is 0 Å².